The minimum Gasteiger partial charge on any atom is -0.385 e. The predicted molar refractivity (Wildman–Crippen MR) is 121 cm³/mol. The zero-order chi connectivity index (χ0) is 21.2. The van der Waals surface area contributed by atoms with E-state index in [9.17, 15) is 0 Å². The van der Waals surface area contributed by atoms with Gasteiger partial charge >= 0.3 is 0 Å². The second-order valence-electron chi connectivity index (χ2n) is 7.83. The minimum absolute atomic E-state index is 0.665. The average molecular weight is 419 g/mol. The number of fused-ring (bicyclic) bond motifs is 1. The summed E-state index contributed by atoms with van der Waals surface area (Å²) >= 11 is 0. The third-order valence-corrected chi connectivity index (χ3v) is 5.78. The van der Waals surface area contributed by atoms with E-state index in [1.54, 1.807) is 12.4 Å². The first-order valence-electron chi connectivity index (χ1n) is 10.5. The van der Waals surface area contributed by atoms with Gasteiger partial charge in [0.25, 0.3) is 0 Å². The molecule has 0 spiro atoms. The third-order valence-electron chi connectivity index (χ3n) is 5.78. The molecule has 5 heterocycles. The summed E-state index contributed by atoms with van der Waals surface area (Å²) in [5, 5.41) is 11.6. The van der Waals surface area contributed by atoms with Crippen LogP contribution in [-0.2, 0) is 4.74 Å². The third kappa shape index (κ3) is 3.77. The maximum atomic E-state index is 8.15. The van der Waals surface area contributed by atoms with Crippen LogP contribution in [0.2, 0.25) is 0 Å². The molecule has 5 rings (SSSR count). The second-order valence-corrected chi connectivity index (χ2v) is 7.83. The van der Waals surface area contributed by atoms with E-state index in [0.717, 1.165) is 71.8 Å². The Balaban J connectivity index is 1.70. The first-order chi connectivity index (χ1) is 15.2. The van der Waals surface area contributed by atoms with E-state index in [4.69, 9.17) is 20.1 Å². The lowest BCUT2D eigenvalue weighted by Crippen LogP contribution is -2.40. The van der Waals surface area contributed by atoms with Crippen molar-refractivity contribution in [2.75, 3.05) is 57.9 Å². The van der Waals surface area contributed by atoms with Crippen molar-refractivity contribution in [2.24, 2.45) is 0 Å². The lowest BCUT2D eigenvalue weighted by Gasteiger charge is -2.28. The molecule has 2 aliphatic heterocycles. The van der Waals surface area contributed by atoms with Gasteiger partial charge in [-0.15, -0.1) is 0 Å². The van der Waals surface area contributed by atoms with Gasteiger partial charge in [0.15, 0.2) is 0 Å². The summed E-state index contributed by atoms with van der Waals surface area (Å²) in [6, 6.07) is 3.91. The summed E-state index contributed by atoms with van der Waals surface area (Å²) in [4.78, 5) is 21.8. The molecule has 0 saturated carbocycles. The number of morpholine rings is 1. The maximum Gasteiger partial charge on any atom is 0.226 e. The van der Waals surface area contributed by atoms with Crippen molar-refractivity contribution in [3.8, 4) is 11.3 Å². The van der Waals surface area contributed by atoms with Gasteiger partial charge in [-0.05, 0) is 19.2 Å². The number of hydrogen-bond acceptors (Lipinski definition) is 8. The van der Waals surface area contributed by atoms with Crippen LogP contribution in [0.25, 0.3) is 27.9 Å². The van der Waals surface area contributed by atoms with E-state index in [1.165, 1.54) is 6.21 Å². The van der Waals surface area contributed by atoms with Gasteiger partial charge in [-0.2, -0.15) is 0 Å². The van der Waals surface area contributed by atoms with E-state index < -0.39 is 0 Å². The zero-order valence-electron chi connectivity index (χ0n) is 17.6. The van der Waals surface area contributed by atoms with Gasteiger partial charge in [-0.3, -0.25) is 9.88 Å². The summed E-state index contributed by atoms with van der Waals surface area (Å²) in [5.74, 6) is 0.687. The molecule has 0 amide bonds. The van der Waals surface area contributed by atoms with Gasteiger partial charge in [-0.25, -0.2) is 9.97 Å². The molecule has 0 radical (unpaired) electrons. The quantitative estimate of drug-likeness (QED) is 0.554. The molecule has 160 valence electrons. The Labute approximate surface area is 180 Å². The van der Waals surface area contributed by atoms with E-state index in [2.05, 4.69) is 32.1 Å². The Morgan fingerprint density at radius 2 is 1.97 bits per heavy atom. The van der Waals surface area contributed by atoms with Gasteiger partial charge in [-0.1, -0.05) is 0 Å². The van der Waals surface area contributed by atoms with Gasteiger partial charge in [0, 0.05) is 79.9 Å². The summed E-state index contributed by atoms with van der Waals surface area (Å²) in [5.41, 5.74) is 6.31. The number of ether oxygens (including phenoxy) is 1. The second kappa shape index (κ2) is 8.44. The van der Waals surface area contributed by atoms with Crippen LogP contribution in [0.1, 0.15) is 5.56 Å². The maximum absolute atomic E-state index is 8.15. The topological polar surface area (TPSA) is 106 Å². The van der Waals surface area contributed by atoms with Crippen LogP contribution in [0.4, 0.5) is 5.95 Å². The SMILES string of the molecule is CN1CCN/C(=C(\C=N)c2c[nH]c3c(-c4ccncc4)nc(N4CCOCC4)nc23)C1. The molecule has 0 aliphatic carbocycles. The molecule has 0 bridgehead atoms. The molecule has 0 unspecified atom stereocenters. The van der Waals surface area contributed by atoms with Crippen LogP contribution in [-0.4, -0.2) is 84.0 Å². The highest BCUT2D eigenvalue weighted by Gasteiger charge is 2.22. The smallest absolute Gasteiger partial charge is 0.226 e. The number of nitrogens with one attached hydrogen (secondary N) is 3. The number of H-pyrrole nitrogens is 1. The Hall–Kier alpha value is -3.30. The lowest BCUT2D eigenvalue weighted by molar-refractivity contribution is 0.122. The van der Waals surface area contributed by atoms with Crippen molar-refractivity contribution in [2.45, 2.75) is 0 Å². The number of nitrogens with zero attached hydrogens (tertiary/aromatic N) is 5. The number of piperazine rings is 1. The molecule has 2 saturated heterocycles. The van der Waals surface area contributed by atoms with Crippen LogP contribution in [0.15, 0.2) is 36.4 Å². The fraction of sp³-hybridized carbons (Fsp3) is 0.364. The largest absolute Gasteiger partial charge is 0.385 e. The minimum atomic E-state index is 0.665. The fourth-order valence-corrected chi connectivity index (χ4v) is 4.13. The number of allylic oxidation sites excluding steroid dienone is 1. The number of rotatable bonds is 4. The summed E-state index contributed by atoms with van der Waals surface area (Å²) in [6.07, 6.45) is 6.91. The number of aromatic amines is 1. The number of aromatic nitrogens is 4. The van der Waals surface area contributed by atoms with Crippen LogP contribution >= 0.6 is 0 Å². The first kappa shape index (κ1) is 19.7. The summed E-state index contributed by atoms with van der Waals surface area (Å²) < 4.78 is 5.52. The van der Waals surface area contributed by atoms with Crippen molar-refractivity contribution in [1.29, 1.82) is 5.41 Å². The Kier molecular flexibility index (Phi) is 5.35. The Morgan fingerprint density at radius 3 is 2.71 bits per heavy atom. The molecular weight excluding hydrogens is 392 g/mol. The van der Waals surface area contributed by atoms with Gasteiger partial charge in [0.2, 0.25) is 5.95 Å². The molecule has 31 heavy (non-hydrogen) atoms. The van der Waals surface area contributed by atoms with Crippen LogP contribution in [0, 0.1) is 5.41 Å². The normalized spacial score (nSPS) is 19.3. The highest BCUT2D eigenvalue weighted by molar-refractivity contribution is 6.15. The molecule has 2 fully saturated rings. The molecule has 0 aromatic carbocycles. The highest BCUT2D eigenvalue weighted by atomic mass is 16.5. The number of hydrogen-bond donors (Lipinski definition) is 3. The van der Waals surface area contributed by atoms with Crippen LogP contribution in [0.5, 0.6) is 0 Å². The van der Waals surface area contributed by atoms with Crippen molar-refractivity contribution in [3.63, 3.8) is 0 Å². The lowest BCUT2D eigenvalue weighted by atomic mass is 10.0. The van der Waals surface area contributed by atoms with Crippen LogP contribution < -0.4 is 10.2 Å². The predicted octanol–water partition coefficient (Wildman–Crippen LogP) is 1.75. The molecular formula is C22H26N8O. The van der Waals surface area contributed by atoms with E-state index in [-0.39, 0.29) is 0 Å². The van der Waals surface area contributed by atoms with Gasteiger partial charge < -0.3 is 25.3 Å². The van der Waals surface area contributed by atoms with Crippen molar-refractivity contribution in [1.82, 2.24) is 30.2 Å². The van der Waals surface area contributed by atoms with Crippen LogP contribution in [0.3, 0.4) is 0 Å². The average Bonchev–Trinajstić information content (AvgIpc) is 3.24. The number of likely N-dealkylation sites (N-methyl/N-ethyl adjacent to an activating group) is 1. The molecule has 2 aliphatic rings. The first-order valence-corrected chi connectivity index (χ1v) is 10.5. The molecule has 0 atom stereocenters. The Morgan fingerprint density at radius 1 is 1.16 bits per heavy atom. The monoisotopic (exact) mass is 418 g/mol. The van der Waals surface area contributed by atoms with E-state index in [1.807, 2.05) is 18.3 Å². The number of pyridine rings is 1. The molecule has 3 aromatic rings. The van der Waals surface area contributed by atoms with Crippen molar-refractivity contribution >= 4 is 28.8 Å². The fourth-order valence-electron chi connectivity index (χ4n) is 4.13. The molecule has 9 heteroatoms. The van der Waals surface area contributed by atoms with Gasteiger partial charge in [0.1, 0.15) is 11.2 Å². The summed E-state index contributed by atoms with van der Waals surface area (Å²) in [6.45, 7) is 5.46. The molecule has 3 aromatic heterocycles. The van der Waals surface area contributed by atoms with Gasteiger partial charge in [0.05, 0.1) is 18.7 Å². The Bertz CT molecular complexity index is 1120. The highest BCUT2D eigenvalue weighted by Crippen LogP contribution is 2.32. The van der Waals surface area contributed by atoms with Crippen molar-refractivity contribution in [3.05, 3.63) is 42.0 Å². The van der Waals surface area contributed by atoms with E-state index in [0.29, 0.717) is 19.2 Å². The van der Waals surface area contributed by atoms with E-state index >= 15 is 0 Å². The zero-order valence-corrected chi connectivity index (χ0v) is 17.6. The number of anilines is 1. The molecule has 3 N–H and O–H groups in total. The summed E-state index contributed by atoms with van der Waals surface area (Å²) in [7, 11) is 2.10. The standard InChI is InChI=1S/C22H26N8O/c1-29-7-6-25-18(14-29)16(12-23)17-13-26-21-19(15-2-4-24-5-3-15)27-22(28-20(17)21)30-8-10-31-11-9-30/h2-5,12-13,23,25-26H,6-11,14H2,1H3/b18-16+,23-12?. The van der Waals surface area contributed by atoms with Crippen molar-refractivity contribution < 1.29 is 4.74 Å². The molecule has 9 nitrogen and oxygen atoms in total.